The van der Waals surface area contributed by atoms with Crippen molar-refractivity contribution in [3.05, 3.63) is 65.7 Å². The number of benzene rings is 2. The fraction of sp³-hybridized carbons (Fsp3) is 0.409. The molecule has 1 N–H and O–H groups in total. The van der Waals surface area contributed by atoms with Gasteiger partial charge < -0.3 is 15.0 Å². The molecule has 2 aromatic carbocycles. The highest BCUT2D eigenvalue weighted by molar-refractivity contribution is 5.79. The van der Waals surface area contributed by atoms with E-state index < -0.39 is 0 Å². The summed E-state index contributed by atoms with van der Waals surface area (Å²) in [5.74, 6) is 1.04. The second-order valence-electron chi connectivity index (χ2n) is 6.83. The Morgan fingerprint density at radius 3 is 2.38 bits per heavy atom. The first-order valence-corrected chi connectivity index (χ1v) is 9.43. The van der Waals surface area contributed by atoms with E-state index in [0.29, 0.717) is 12.5 Å². The molecule has 3 rings (SSSR count). The van der Waals surface area contributed by atoms with Crippen LogP contribution >= 0.6 is 0 Å². The highest BCUT2D eigenvalue weighted by atomic mass is 16.5. The van der Waals surface area contributed by atoms with Gasteiger partial charge in [-0.2, -0.15) is 0 Å². The minimum absolute atomic E-state index is 0.220. The van der Waals surface area contributed by atoms with Gasteiger partial charge in [-0.25, -0.2) is 0 Å². The molecule has 0 radical (unpaired) electrons. The smallest absolute Gasteiger partial charge is 0.227 e. The van der Waals surface area contributed by atoms with Crippen LogP contribution in [0.5, 0.6) is 5.75 Å². The van der Waals surface area contributed by atoms with Gasteiger partial charge in [-0.3, -0.25) is 4.79 Å². The number of carbonyl (C=O) groups excluding carboxylic acids is 1. The molecule has 0 spiro atoms. The Bertz CT molecular complexity index is 679. The standard InChI is InChI=1S/C22H28N2O2/c1-26-21-9-7-19(8-10-21)17-22(25)24(20-11-14-23-15-12-20)16-13-18-5-3-2-4-6-18/h2-10,20,23H,11-17H2,1H3. The lowest BCUT2D eigenvalue weighted by Gasteiger charge is -2.35. The molecule has 2 aromatic rings. The molecule has 1 amide bonds. The van der Waals surface area contributed by atoms with Crippen molar-refractivity contribution in [1.29, 1.82) is 0 Å². The van der Waals surface area contributed by atoms with E-state index in [-0.39, 0.29) is 5.91 Å². The Labute approximate surface area is 156 Å². The number of hydrogen-bond acceptors (Lipinski definition) is 3. The van der Waals surface area contributed by atoms with Crippen LogP contribution in [-0.2, 0) is 17.6 Å². The van der Waals surface area contributed by atoms with E-state index in [1.54, 1.807) is 7.11 Å². The number of piperidine rings is 1. The van der Waals surface area contributed by atoms with E-state index in [1.807, 2.05) is 30.3 Å². The van der Waals surface area contributed by atoms with Crippen LogP contribution in [0, 0.1) is 0 Å². The number of nitrogens with one attached hydrogen (secondary N) is 1. The quantitative estimate of drug-likeness (QED) is 0.833. The summed E-state index contributed by atoms with van der Waals surface area (Å²) in [5.41, 5.74) is 2.32. The van der Waals surface area contributed by atoms with E-state index in [0.717, 1.165) is 50.2 Å². The summed E-state index contributed by atoms with van der Waals surface area (Å²) in [5, 5.41) is 3.39. The molecule has 138 valence electrons. The third-order valence-corrected chi connectivity index (χ3v) is 5.07. The number of hydrogen-bond donors (Lipinski definition) is 1. The first kappa shape index (κ1) is 18.5. The van der Waals surface area contributed by atoms with Gasteiger partial charge in [-0.1, -0.05) is 42.5 Å². The predicted molar refractivity (Wildman–Crippen MR) is 104 cm³/mol. The summed E-state index contributed by atoms with van der Waals surface area (Å²) in [6.07, 6.45) is 3.41. The lowest BCUT2D eigenvalue weighted by Crippen LogP contribution is -2.47. The van der Waals surface area contributed by atoms with E-state index in [9.17, 15) is 4.79 Å². The van der Waals surface area contributed by atoms with Gasteiger partial charge in [0.25, 0.3) is 0 Å². The zero-order chi connectivity index (χ0) is 18.2. The van der Waals surface area contributed by atoms with Gasteiger partial charge in [0.2, 0.25) is 5.91 Å². The topological polar surface area (TPSA) is 41.6 Å². The van der Waals surface area contributed by atoms with Crippen LogP contribution in [-0.4, -0.2) is 43.6 Å². The summed E-state index contributed by atoms with van der Waals surface area (Å²) < 4.78 is 5.20. The van der Waals surface area contributed by atoms with Gasteiger partial charge in [-0.15, -0.1) is 0 Å². The number of amides is 1. The van der Waals surface area contributed by atoms with Crippen molar-refractivity contribution >= 4 is 5.91 Å². The van der Waals surface area contributed by atoms with Crippen LogP contribution < -0.4 is 10.1 Å². The summed E-state index contributed by atoms with van der Waals surface area (Å²) in [6, 6.07) is 18.6. The van der Waals surface area contributed by atoms with Crippen molar-refractivity contribution in [1.82, 2.24) is 10.2 Å². The zero-order valence-electron chi connectivity index (χ0n) is 15.5. The minimum atomic E-state index is 0.220. The first-order chi connectivity index (χ1) is 12.8. The Balaban J connectivity index is 1.67. The van der Waals surface area contributed by atoms with Crippen molar-refractivity contribution in [3.8, 4) is 5.75 Å². The van der Waals surface area contributed by atoms with Crippen LogP contribution in [0.4, 0.5) is 0 Å². The SMILES string of the molecule is COc1ccc(CC(=O)N(CCc2ccccc2)C2CCNCC2)cc1. The van der Waals surface area contributed by atoms with E-state index in [2.05, 4.69) is 34.5 Å². The fourth-order valence-electron chi connectivity index (χ4n) is 3.54. The number of methoxy groups -OCH3 is 1. The molecule has 0 aliphatic carbocycles. The predicted octanol–water partition coefficient (Wildman–Crippen LogP) is 3.06. The second kappa shape index (κ2) is 9.39. The highest BCUT2D eigenvalue weighted by Crippen LogP contribution is 2.17. The lowest BCUT2D eigenvalue weighted by molar-refractivity contribution is -0.133. The molecule has 1 aliphatic heterocycles. The third-order valence-electron chi connectivity index (χ3n) is 5.07. The van der Waals surface area contributed by atoms with Gasteiger partial charge in [0.05, 0.1) is 13.5 Å². The number of carbonyl (C=O) groups is 1. The molecule has 4 nitrogen and oxygen atoms in total. The second-order valence-corrected chi connectivity index (χ2v) is 6.83. The molecular weight excluding hydrogens is 324 g/mol. The molecule has 0 unspecified atom stereocenters. The summed E-state index contributed by atoms with van der Waals surface area (Å²) >= 11 is 0. The summed E-state index contributed by atoms with van der Waals surface area (Å²) in [4.78, 5) is 15.2. The summed E-state index contributed by atoms with van der Waals surface area (Å²) in [6.45, 7) is 2.76. The van der Waals surface area contributed by atoms with E-state index in [1.165, 1.54) is 5.56 Å². The average Bonchev–Trinajstić information content (AvgIpc) is 2.70. The maximum Gasteiger partial charge on any atom is 0.227 e. The van der Waals surface area contributed by atoms with Crippen molar-refractivity contribution in [2.75, 3.05) is 26.7 Å². The molecule has 1 aliphatic rings. The number of rotatable bonds is 7. The largest absolute Gasteiger partial charge is 0.497 e. The lowest BCUT2D eigenvalue weighted by atomic mass is 10.0. The minimum Gasteiger partial charge on any atom is -0.497 e. The normalized spacial score (nSPS) is 14.8. The Hall–Kier alpha value is -2.33. The molecule has 26 heavy (non-hydrogen) atoms. The van der Waals surface area contributed by atoms with Gasteiger partial charge in [0.1, 0.15) is 5.75 Å². The van der Waals surface area contributed by atoms with Crippen LogP contribution in [0.3, 0.4) is 0 Å². The molecule has 1 saturated heterocycles. The highest BCUT2D eigenvalue weighted by Gasteiger charge is 2.25. The molecule has 1 fully saturated rings. The van der Waals surface area contributed by atoms with Crippen molar-refractivity contribution in [2.24, 2.45) is 0 Å². The maximum absolute atomic E-state index is 13.1. The zero-order valence-corrected chi connectivity index (χ0v) is 15.5. The van der Waals surface area contributed by atoms with Crippen LogP contribution in [0.25, 0.3) is 0 Å². The fourth-order valence-corrected chi connectivity index (χ4v) is 3.54. The Morgan fingerprint density at radius 1 is 1.04 bits per heavy atom. The number of ether oxygens (including phenoxy) is 1. The van der Waals surface area contributed by atoms with Crippen LogP contribution in [0.2, 0.25) is 0 Å². The van der Waals surface area contributed by atoms with Crippen molar-refractivity contribution < 1.29 is 9.53 Å². The summed E-state index contributed by atoms with van der Waals surface area (Å²) in [7, 11) is 1.66. The van der Waals surface area contributed by atoms with Crippen molar-refractivity contribution in [2.45, 2.75) is 31.7 Å². The molecular formula is C22H28N2O2. The third kappa shape index (κ3) is 5.09. The van der Waals surface area contributed by atoms with E-state index >= 15 is 0 Å². The molecule has 0 bridgehead atoms. The molecule has 0 aromatic heterocycles. The molecule has 4 heteroatoms. The van der Waals surface area contributed by atoms with E-state index in [4.69, 9.17) is 4.74 Å². The van der Waals surface area contributed by atoms with Gasteiger partial charge >= 0.3 is 0 Å². The maximum atomic E-state index is 13.1. The van der Waals surface area contributed by atoms with Gasteiger partial charge in [-0.05, 0) is 55.6 Å². The molecule has 1 heterocycles. The molecule has 0 atom stereocenters. The van der Waals surface area contributed by atoms with Crippen molar-refractivity contribution in [3.63, 3.8) is 0 Å². The Morgan fingerprint density at radius 2 is 1.73 bits per heavy atom. The van der Waals surface area contributed by atoms with Gasteiger partial charge in [0, 0.05) is 12.6 Å². The molecule has 0 saturated carbocycles. The monoisotopic (exact) mass is 352 g/mol. The van der Waals surface area contributed by atoms with Crippen LogP contribution in [0.15, 0.2) is 54.6 Å². The van der Waals surface area contributed by atoms with Gasteiger partial charge in [0.15, 0.2) is 0 Å². The average molecular weight is 352 g/mol. The van der Waals surface area contributed by atoms with Crippen LogP contribution in [0.1, 0.15) is 24.0 Å². The Kier molecular flexibility index (Phi) is 6.67. The number of nitrogens with zero attached hydrogens (tertiary/aromatic N) is 1. The first-order valence-electron chi connectivity index (χ1n) is 9.43.